The van der Waals surface area contributed by atoms with Crippen molar-refractivity contribution in [3.63, 3.8) is 0 Å². The first-order chi connectivity index (χ1) is 18.8. The Kier molecular flexibility index (Phi) is 8.61. The highest BCUT2D eigenvalue weighted by Crippen LogP contribution is 2.40. The topological polar surface area (TPSA) is 105 Å². The number of hydrogen-bond donors (Lipinski definition) is 1. The number of aromatic nitrogens is 2. The highest BCUT2D eigenvalue weighted by Gasteiger charge is 2.46. The highest BCUT2D eigenvalue weighted by atomic mass is 16.5. The number of esters is 1. The summed E-state index contributed by atoms with van der Waals surface area (Å²) in [5, 5.41) is 15.9. The Morgan fingerprint density at radius 2 is 1.72 bits per heavy atom. The second kappa shape index (κ2) is 12.1. The number of methoxy groups -OCH3 is 1. The van der Waals surface area contributed by atoms with Gasteiger partial charge in [-0.2, -0.15) is 5.10 Å². The number of likely N-dealkylation sites (tertiary alicyclic amines) is 1. The lowest BCUT2D eigenvalue weighted by Crippen LogP contribution is -2.33. The molecule has 1 saturated heterocycles. The molecule has 9 heteroatoms. The molecule has 3 aromatic rings. The summed E-state index contributed by atoms with van der Waals surface area (Å²) in [6.07, 6.45) is 2.17. The largest absolute Gasteiger partial charge is 0.507 e. The van der Waals surface area contributed by atoms with Crippen molar-refractivity contribution in [2.45, 2.75) is 33.2 Å². The van der Waals surface area contributed by atoms with E-state index in [2.05, 4.69) is 23.8 Å². The van der Waals surface area contributed by atoms with Crippen LogP contribution in [0.4, 0.5) is 0 Å². The third-order valence-corrected chi connectivity index (χ3v) is 7.22. The van der Waals surface area contributed by atoms with Crippen molar-refractivity contribution in [1.29, 1.82) is 0 Å². The van der Waals surface area contributed by atoms with Crippen LogP contribution in [0.3, 0.4) is 0 Å². The van der Waals surface area contributed by atoms with Crippen molar-refractivity contribution in [2.75, 3.05) is 33.3 Å². The van der Waals surface area contributed by atoms with E-state index in [-0.39, 0.29) is 11.3 Å². The molecular formula is C30H34N4O5. The van der Waals surface area contributed by atoms with Gasteiger partial charge >= 0.3 is 5.97 Å². The fourth-order valence-electron chi connectivity index (χ4n) is 5.00. The molecule has 39 heavy (non-hydrogen) atoms. The molecular weight excluding hydrogens is 496 g/mol. The molecule has 2 heterocycles. The zero-order valence-corrected chi connectivity index (χ0v) is 22.8. The third kappa shape index (κ3) is 5.49. The standard InChI is InChI=1S/C30H34N4O5/c1-5-32(6-2)17-10-18-33-26(21-13-15-22(16-14-21)30(38)39-4)25(28(36)29(33)37)27(35)24-19-31-34(20(24)3)23-11-8-7-9-12-23/h7-9,11-16,19,26,35H,5-6,10,17-18H2,1-4H3. The molecule has 4 rings (SSSR count). The Morgan fingerprint density at radius 3 is 2.33 bits per heavy atom. The Hall–Kier alpha value is -4.24. The van der Waals surface area contributed by atoms with Crippen LogP contribution in [0.1, 0.15) is 53.5 Å². The minimum absolute atomic E-state index is 0.00405. The summed E-state index contributed by atoms with van der Waals surface area (Å²) in [5.74, 6) is -2.17. The van der Waals surface area contributed by atoms with Crippen LogP contribution in [0.25, 0.3) is 11.4 Å². The summed E-state index contributed by atoms with van der Waals surface area (Å²) < 4.78 is 6.48. The molecule has 9 nitrogen and oxygen atoms in total. The quantitative estimate of drug-likeness (QED) is 0.182. The molecule has 1 atom stereocenters. The summed E-state index contributed by atoms with van der Waals surface area (Å²) >= 11 is 0. The average molecular weight is 531 g/mol. The zero-order chi connectivity index (χ0) is 28.1. The van der Waals surface area contributed by atoms with Gasteiger partial charge in [-0.1, -0.05) is 44.2 Å². The third-order valence-electron chi connectivity index (χ3n) is 7.22. The molecule has 0 bridgehead atoms. The number of nitrogens with zero attached hydrogens (tertiary/aromatic N) is 4. The number of benzene rings is 2. The fourth-order valence-corrected chi connectivity index (χ4v) is 5.00. The predicted molar refractivity (Wildman–Crippen MR) is 147 cm³/mol. The van der Waals surface area contributed by atoms with Gasteiger partial charge in [-0.3, -0.25) is 9.59 Å². The van der Waals surface area contributed by atoms with Gasteiger partial charge in [0.05, 0.1) is 47.4 Å². The molecule has 1 aromatic heterocycles. The number of rotatable bonds is 10. The molecule has 1 aliphatic rings. The first-order valence-electron chi connectivity index (χ1n) is 13.1. The van der Waals surface area contributed by atoms with Gasteiger partial charge in [0.15, 0.2) is 0 Å². The monoisotopic (exact) mass is 530 g/mol. The predicted octanol–water partition coefficient (Wildman–Crippen LogP) is 4.12. The van der Waals surface area contributed by atoms with E-state index in [1.165, 1.54) is 18.2 Å². The van der Waals surface area contributed by atoms with Gasteiger partial charge in [-0.25, -0.2) is 9.48 Å². The second-order valence-electron chi connectivity index (χ2n) is 9.38. The van der Waals surface area contributed by atoms with Crippen LogP contribution in [0.15, 0.2) is 66.4 Å². The number of hydrogen-bond acceptors (Lipinski definition) is 7. The lowest BCUT2D eigenvalue weighted by molar-refractivity contribution is -0.140. The SMILES string of the molecule is CCN(CC)CCCN1C(=O)C(=O)C(=C(O)c2cnn(-c3ccccc3)c2C)C1c1ccc(C(=O)OC)cc1. The van der Waals surface area contributed by atoms with Crippen LogP contribution < -0.4 is 0 Å². The lowest BCUT2D eigenvalue weighted by Gasteiger charge is -2.27. The molecule has 1 amide bonds. The van der Waals surface area contributed by atoms with Crippen molar-refractivity contribution in [1.82, 2.24) is 19.6 Å². The van der Waals surface area contributed by atoms with E-state index in [1.807, 2.05) is 30.3 Å². The molecule has 0 spiro atoms. The molecule has 1 aliphatic heterocycles. The van der Waals surface area contributed by atoms with E-state index >= 15 is 0 Å². The van der Waals surface area contributed by atoms with E-state index in [1.54, 1.807) is 35.9 Å². The van der Waals surface area contributed by atoms with Crippen molar-refractivity contribution in [2.24, 2.45) is 0 Å². The van der Waals surface area contributed by atoms with Crippen LogP contribution in [-0.2, 0) is 14.3 Å². The summed E-state index contributed by atoms with van der Waals surface area (Å²) in [5.41, 5.74) is 2.77. The van der Waals surface area contributed by atoms with Crippen LogP contribution in [-0.4, -0.2) is 75.6 Å². The Morgan fingerprint density at radius 1 is 1.05 bits per heavy atom. The maximum Gasteiger partial charge on any atom is 0.337 e. The van der Waals surface area contributed by atoms with Gasteiger partial charge in [0.2, 0.25) is 0 Å². The highest BCUT2D eigenvalue weighted by molar-refractivity contribution is 6.46. The van der Waals surface area contributed by atoms with E-state index in [0.717, 1.165) is 25.3 Å². The van der Waals surface area contributed by atoms with E-state index in [4.69, 9.17) is 4.74 Å². The molecule has 0 saturated carbocycles. The fraction of sp³-hybridized carbons (Fsp3) is 0.333. The maximum absolute atomic E-state index is 13.4. The first kappa shape index (κ1) is 27.8. The van der Waals surface area contributed by atoms with Gasteiger partial charge in [0.25, 0.3) is 11.7 Å². The van der Waals surface area contributed by atoms with Crippen molar-refractivity contribution < 1.29 is 24.2 Å². The number of aliphatic hydroxyl groups excluding tert-OH is 1. The smallest absolute Gasteiger partial charge is 0.337 e. The number of para-hydroxylation sites is 1. The lowest BCUT2D eigenvalue weighted by atomic mass is 9.94. The van der Waals surface area contributed by atoms with E-state index < -0.39 is 23.7 Å². The summed E-state index contributed by atoms with van der Waals surface area (Å²) in [6, 6.07) is 15.2. The summed E-state index contributed by atoms with van der Waals surface area (Å²) in [6.45, 7) is 8.84. The number of carbonyl (C=O) groups is 3. The van der Waals surface area contributed by atoms with Gasteiger partial charge in [0, 0.05) is 6.54 Å². The Bertz CT molecular complexity index is 1370. The number of aliphatic hydroxyl groups is 1. The van der Waals surface area contributed by atoms with Crippen LogP contribution in [0, 0.1) is 6.92 Å². The van der Waals surface area contributed by atoms with Gasteiger partial charge in [-0.15, -0.1) is 0 Å². The minimum atomic E-state index is -0.812. The van der Waals surface area contributed by atoms with Crippen LogP contribution in [0.2, 0.25) is 0 Å². The normalized spacial score (nSPS) is 16.7. The number of ketones is 1. The number of amides is 1. The number of Topliss-reactive ketones (excluding diaryl/α,β-unsaturated/α-hetero) is 1. The number of ether oxygens (including phenoxy) is 1. The van der Waals surface area contributed by atoms with Crippen LogP contribution >= 0.6 is 0 Å². The average Bonchev–Trinajstić information content (AvgIpc) is 3.47. The Labute approximate surface area is 228 Å². The first-order valence-corrected chi connectivity index (χ1v) is 13.1. The zero-order valence-electron chi connectivity index (χ0n) is 22.8. The van der Waals surface area contributed by atoms with E-state index in [0.29, 0.717) is 35.3 Å². The molecule has 0 radical (unpaired) electrons. The van der Waals surface area contributed by atoms with Gasteiger partial charge in [-0.05, 0) is 62.8 Å². The molecule has 0 aliphatic carbocycles. The van der Waals surface area contributed by atoms with E-state index in [9.17, 15) is 19.5 Å². The second-order valence-corrected chi connectivity index (χ2v) is 9.38. The molecule has 2 aromatic carbocycles. The molecule has 1 unspecified atom stereocenters. The number of carbonyl (C=O) groups excluding carboxylic acids is 3. The van der Waals surface area contributed by atoms with Crippen LogP contribution in [0.5, 0.6) is 0 Å². The van der Waals surface area contributed by atoms with Crippen molar-refractivity contribution in [3.8, 4) is 5.69 Å². The van der Waals surface area contributed by atoms with Crippen molar-refractivity contribution >= 4 is 23.4 Å². The van der Waals surface area contributed by atoms with Gasteiger partial charge in [0.1, 0.15) is 5.76 Å². The maximum atomic E-state index is 13.4. The van der Waals surface area contributed by atoms with Gasteiger partial charge < -0.3 is 19.6 Å². The minimum Gasteiger partial charge on any atom is -0.507 e. The molecule has 1 fully saturated rings. The molecule has 204 valence electrons. The Balaban J connectivity index is 1.77. The summed E-state index contributed by atoms with van der Waals surface area (Å²) in [4.78, 5) is 42.5. The summed E-state index contributed by atoms with van der Waals surface area (Å²) in [7, 11) is 1.30. The van der Waals surface area contributed by atoms with Crippen molar-refractivity contribution in [3.05, 3.63) is 88.8 Å². The molecule has 1 N–H and O–H groups in total.